The van der Waals surface area contributed by atoms with Crippen LogP contribution in [0.3, 0.4) is 0 Å². The van der Waals surface area contributed by atoms with Gasteiger partial charge in [-0.2, -0.15) is 13.2 Å². The molecule has 0 atom stereocenters. The number of carbonyl (C=O) groups excluding carboxylic acids is 1. The van der Waals surface area contributed by atoms with Gasteiger partial charge in [0.15, 0.2) is 0 Å². The topological polar surface area (TPSA) is 38.3 Å². The Hall–Kier alpha value is -2.41. The van der Waals surface area contributed by atoms with Crippen molar-refractivity contribution in [1.29, 1.82) is 0 Å². The number of benzene rings is 2. The van der Waals surface area contributed by atoms with Crippen LogP contribution < -0.4 is 5.32 Å². The molecule has 1 N–H and O–H groups in total. The summed E-state index contributed by atoms with van der Waals surface area (Å²) in [5, 5.41) is 2.75. The Morgan fingerprint density at radius 1 is 1.07 bits per heavy atom. The average Bonchev–Trinajstić information content (AvgIpc) is 2.67. The van der Waals surface area contributed by atoms with E-state index in [4.69, 9.17) is 4.74 Å². The zero-order chi connectivity index (χ0) is 19.5. The number of ether oxygens (including phenoxy) is 1. The quantitative estimate of drug-likeness (QED) is 0.801. The van der Waals surface area contributed by atoms with Crippen molar-refractivity contribution in [1.82, 2.24) is 5.32 Å². The molecule has 2 aromatic rings. The second-order valence-corrected chi connectivity index (χ2v) is 6.66. The molecule has 0 aromatic heterocycles. The molecule has 0 bridgehead atoms. The number of rotatable bonds is 4. The normalized spacial score (nSPS) is 16.7. The van der Waals surface area contributed by atoms with Crippen molar-refractivity contribution in [3.8, 4) is 0 Å². The summed E-state index contributed by atoms with van der Waals surface area (Å²) >= 11 is 0. The van der Waals surface area contributed by atoms with Crippen LogP contribution in [0.15, 0.2) is 48.5 Å². The molecule has 27 heavy (non-hydrogen) atoms. The standard InChI is InChI=1S/C20H19F4NO2/c21-17-6-4-15(5-7-17)19(8-10-27-11-9-19)13-25-18(26)14-2-1-3-16(12-14)20(22,23)24/h1-7,12H,8-11,13H2,(H,25,26). The van der Waals surface area contributed by atoms with Gasteiger partial charge in [0.05, 0.1) is 5.56 Å². The largest absolute Gasteiger partial charge is 0.416 e. The lowest BCUT2D eigenvalue weighted by atomic mass is 9.74. The number of amides is 1. The first kappa shape index (κ1) is 19.4. The summed E-state index contributed by atoms with van der Waals surface area (Å²) in [6.45, 7) is 1.23. The van der Waals surface area contributed by atoms with Crippen LogP contribution in [-0.2, 0) is 16.3 Å². The van der Waals surface area contributed by atoms with Gasteiger partial charge >= 0.3 is 6.18 Å². The fourth-order valence-corrected chi connectivity index (χ4v) is 3.32. The van der Waals surface area contributed by atoms with E-state index in [2.05, 4.69) is 5.32 Å². The van der Waals surface area contributed by atoms with Crippen LogP contribution in [0.2, 0.25) is 0 Å². The van der Waals surface area contributed by atoms with Gasteiger partial charge < -0.3 is 10.1 Å². The van der Waals surface area contributed by atoms with Crippen LogP contribution in [0.1, 0.15) is 34.3 Å². The van der Waals surface area contributed by atoms with Crippen LogP contribution in [0, 0.1) is 5.82 Å². The first-order valence-electron chi connectivity index (χ1n) is 8.59. The van der Waals surface area contributed by atoms with Gasteiger partial charge in [-0.05, 0) is 48.7 Å². The lowest BCUT2D eigenvalue weighted by molar-refractivity contribution is -0.137. The maximum Gasteiger partial charge on any atom is 0.416 e. The molecule has 0 aliphatic carbocycles. The summed E-state index contributed by atoms with van der Waals surface area (Å²) in [6, 6.07) is 10.4. The highest BCUT2D eigenvalue weighted by molar-refractivity contribution is 5.94. The van der Waals surface area contributed by atoms with Gasteiger partial charge in [-0.3, -0.25) is 4.79 Å². The molecule has 2 aromatic carbocycles. The van der Waals surface area contributed by atoms with E-state index in [1.165, 1.54) is 24.3 Å². The summed E-state index contributed by atoms with van der Waals surface area (Å²) in [7, 11) is 0. The third kappa shape index (κ3) is 4.47. The molecule has 1 aliphatic rings. The number of halogens is 4. The Labute approximate surface area is 154 Å². The molecule has 1 heterocycles. The van der Waals surface area contributed by atoms with Crippen molar-refractivity contribution in [2.45, 2.75) is 24.4 Å². The Kier molecular flexibility index (Phi) is 5.51. The monoisotopic (exact) mass is 381 g/mol. The molecular formula is C20H19F4NO2. The molecule has 0 unspecified atom stereocenters. The second-order valence-electron chi connectivity index (χ2n) is 6.66. The molecule has 1 fully saturated rings. The third-order valence-electron chi connectivity index (χ3n) is 4.95. The molecule has 144 valence electrons. The molecule has 1 aliphatic heterocycles. The molecule has 0 spiro atoms. The summed E-state index contributed by atoms with van der Waals surface area (Å²) < 4.78 is 57.2. The average molecular weight is 381 g/mol. The molecule has 3 nitrogen and oxygen atoms in total. The van der Waals surface area contributed by atoms with Crippen LogP contribution in [0.25, 0.3) is 0 Å². The van der Waals surface area contributed by atoms with Crippen molar-refractivity contribution in [3.05, 3.63) is 71.0 Å². The highest BCUT2D eigenvalue weighted by atomic mass is 19.4. The summed E-state index contributed by atoms with van der Waals surface area (Å²) in [4.78, 5) is 12.4. The summed E-state index contributed by atoms with van der Waals surface area (Å²) in [5.41, 5.74) is -0.486. The van der Waals surface area contributed by atoms with E-state index in [1.807, 2.05) is 0 Å². The maximum absolute atomic E-state index is 13.3. The number of hydrogen-bond donors (Lipinski definition) is 1. The fourth-order valence-electron chi connectivity index (χ4n) is 3.32. The van der Waals surface area contributed by atoms with Gasteiger partial charge in [0, 0.05) is 30.7 Å². The van der Waals surface area contributed by atoms with Crippen molar-refractivity contribution in [2.24, 2.45) is 0 Å². The van der Waals surface area contributed by atoms with Gasteiger partial charge in [-0.1, -0.05) is 18.2 Å². The molecule has 1 amide bonds. The van der Waals surface area contributed by atoms with E-state index < -0.39 is 23.1 Å². The van der Waals surface area contributed by atoms with E-state index >= 15 is 0 Å². The first-order valence-corrected chi connectivity index (χ1v) is 8.59. The molecule has 3 rings (SSSR count). The number of hydrogen-bond acceptors (Lipinski definition) is 2. The van der Waals surface area contributed by atoms with Crippen LogP contribution in [-0.4, -0.2) is 25.7 Å². The van der Waals surface area contributed by atoms with Crippen LogP contribution in [0.5, 0.6) is 0 Å². The minimum absolute atomic E-state index is 0.0499. The summed E-state index contributed by atoms with van der Waals surface area (Å²) in [5.74, 6) is -0.928. The minimum atomic E-state index is -4.51. The van der Waals surface area contributed by atoms with Gasteiger partial charge in [-0.25, -0.2) is 4.39 Å². The van der Waals surface area contributed by atoms with Crippen molar-refractivity contribution < 1.29 is 27.1 Å². The lowest BCUT2D eigenvalue weighted by Gasteiger charge is -2.38. The predicted octanol–water partition coefficient (Wildman–Crippen LogP) is 4.32. The SMILES string of the molecule is O=C(NCC1(c2ccc(F)cc2)CCOCC1)c1cccc(C(F)(F)F)c1. The highest BCUT2D eigenvalue weighted by Crippen LogP contribution is 2.34. The van der Waals surface area contributed by atoms with Crippen LogP contribution >= 0.6 is 0 Å². The Morgan fingerprint density at radius 2 is 1.74 bits per heavy atom. The summed E-state index contributed by atoms with van der Waals surface area (Å²) in [6.07, 6.45) is -3.25. The zero-order valence-electron chi connectivity index (χ0n) is 14.5. The van der Waals surface area contributed by atoms with E-state index in [1.54, 1.807) is 12.1 Å². The Morgan fingerprint density at radius 3 is 2.37 bits per heavy atom. The van der Waals surface area contributed by atoms with Crippen molar-refractivity contribution in [3.63, 3.8) is 0 Å². The van der Waals surface area contributed by atoms with Crippen molar-refractivity contribution >= 4 is 5.91 Å². The van der Waals surface area contributed by atoms with Gasteiger partial charge in [0.2, 0.25) is 0 Å². The maximum atomic E-state index is 13.3. The lowest BCUT2D eigenvalue weighted by Crippen LogP contribution is -2.44. The zero-order valence-corrected chi connectivity index (χ0v) is 14.5. The van der Waals surface area contributed by atoms with Gasteiger partial charge in [0.25, 0.3) is 5.91 Å². The molecule has 1 saturated heterocycles. The van der Waals surface area contributed by atoms with Gasteiger partial charge in [-0.15, -0.1) is 0 Å². The Balaban J connectivity index is 1.78. The van der Waals surface area contributed by atoms with E-state index in [9.17, 15) is 22.4 Å². The van der Waals surface area contributed by atoms with E-state index in [-0.39, 0.29) is 17.9 Å². The fraction of sp³-hybridized carbons (Fsp3) is 0.350. The molecule has 0 saturated carbocycles. The first-order chi connectivity index (χ1) is 12.8. The molecule has 0 radical (unpaired) electrons. The molecule has 7 heteroatoms. The number of alkyl halides is 3. The molecular weight excluding hydrogens is 362 g/mol. The minimum Gasteiger partial charge on any atom is -0.381 e. The number of nitrogens with one attached hydrogen (secondary N) is 1. The van der Waals surface area contributed by atoms with Crippen molar-refractivity contribution in [2.75, 3.05) is 19.8 Å². The Bertz CT molecular complexity index is 796. The van der Waals surface area contributed by atoms with Gasteiger partial charge in [0.1, 0.15) is 5.82 Å². The predicted molar refractivity (Wildman–Crippen MR) is 91.9 cm³/mol. The highest BCUT2D eigenvalue weighted by Gasteiger charge is 2.35. The third-order valence-corrected chi connectivity index (χ3v) is 4.95. The van der Waals surface area contributed by atoms with E-state index in [0.717, 1.165) is 17.7 Å². The second kappa shape index (κ2) is 7.68. The number of carbonyl (C=O) groups is 1. The smallest absolute Gasteiger partial charge is 0.381 e. The van der Waals surface area contributed by atoms with E-state index in [0.29, 0.717) is 26.1 Å². The van der Waals surface area contributed by atoms with Crippen LogP contribution in [0.4, 0.5) is 17.6 Å².